The summed E-state index contributed by atoms with van der Waals surface area (Å²) in [6, 6.07) is 12.6. The predicted octanol–water partition coefficient (Wildman–Crippen LogP) is 4.43. The molecule has 1 fully saturated rings. The second kappa shape index (κ2) is 8.56. The van der Waals surface area contributed by atoms with E-state index in [4.69, 9.17) is 16.3 Å². The molecule has 1 aliphatic rings. The molecule has 1 saturated heterocycles. The Morgan fingerprint density at radius 3 is 2.50 bits per heavy atom. The van der Waals surface area contributed by atoms with Crippen LogP contribution in [0.5, 0.6) is 5.75 Å². The van der Waals surface area contributed by atoms with E-state index in [1.165, 1.54) is 11.3 Å². The fourth-order valence-electron chi connectivity index (χ4n) is 3.07. The van der Waals surface area contributed by atoms with Gasteiger partial charge in [0.2, 0.25) is 0 Å². The first-order valence-electron chi connectivity index (χ1n) is 8.61. The van der Waals surface area contributed by atoms with E-state index in [1.807, 2.05) is 25.1 Å². The molecule has 5 nitrogen and oxygen atoms in total. The average molecular weight is 393 g/mol. The third-order valence-electron chi connectivity index (χ3n) is 4.61. The highest BCUT2D eigenvalue weighted by molar-refractivity contribution is 7.18. The smallest absolute Gasteiger partial charge is 0.410 e. The summed E-state index contributed by atoms with van der Waals surface area (Å²) in [7, 11) is 0. The van der Waals surface area contributed by atoms with Gasteiger partial charge in [-0.2, -0.15) is 0 Å². The second-order valence-electron chi connectivity index (χ2n) is 6.37. The van der Waals surface area contributed by atoms with Gasteiger partial charge in [-0.15, -0.1) is 11.3 Å². The summed E-state index contributed by atoms with van der Waals surface area (Å²) in [6.07, 6.45) is 1.34. The van der Waals surface area contributed by atoms with E-state index in [-0.39, 0.29) is 18.0 Å². The highest BCUT2D eigenvalue weighted by atomic mass is 35.5. The van der Waals surface area contributed by atoms with Crippen LogP contribution in [0.3, 0.4) is 0 Å². The van der Waals surface area contributed by atoms with Gasteiger partial charge in [-0.1, -0.05) is 29.8 Å². The van der Waals surface area contributed by atoms with Gasteiger partial charge in [0.15, 0.2) is 0 Å². The topological polar surface area (TPSA) is 58.6 Å². The lowest BCUT2D eigenvalue weighted by Crippen LogP contribution is -2.46. The zero-order valence-electron chi connectivity index (χ0n) is 14.5. The molecule has 2 aromatic rings. The van der Waals surface area contributed by atoms with Gasteiger partial charge in [-0.3, -0.25) is 4.79 Å². The van der Waals surface area contributed by atoms with Crippen LogP contribution >= 0.6 is 22.9 Å². The van der Waals surface area contributed by atoms with Gasteiger partial charge in [0.25, 0.3) is 5.91 Å². The van der Waals surface area contributed by atoms with Gasteiger partial charge < -0.3 is 15.0 Å². The Labute approximate surface area is 161 Å². The number of carbonyl (C=O) groups is 2. The number of nitrogens with one attached hydrogen (secondary N) is 1. The molecule has 1 aromatic heterocycles. The summed E-state index contributed by atoms with van der Waals surface area (Å²) in [5, 5.41) is 3.04. The van der Waals surface area contributed by atoms with Gasteiger partial charge in [0.05, 0.1) is 9.21 Å². The van der Waals surface area contributed by atoms with Crippen molar-refractivity contribution in [1.82, 2.24) is 10.2 Å². The molecule has 1 aliphatic heterocycles. The van der Waals surface area contributed by atoms with Crippen molar-refractivity contribution in [3.63, 3.8) is 0 Å². The Morgan fingerprint density at radius 2 is 1.88 bits per heavy atom. The van der Waals surface area contributed by atoms with E-state index in [0.717, 1.165) is 12.8 Å². The van der Waals surface area contributed by atoms with Crippen LogP contribution in [0.25, 0.3) is 0 Å². The van der Waals surface area contributed by atoms with Crippen molar-refractivity contribution in [2.75, 3.05) is 13.1 Å². The molecule has 2 heterocycles. The van der Waals surface area contributed by atoms with Crippen LogP contribution in [0.4, 0.5) is 4.79 Å². The number of hydrogen-bond acceptors (Lipinski definition) is 4. The Morgan fingerprint density at radius 1 is 1.19 bits per heavy atom. The van der Waals surface area contributed by atoms with Crippen LogP contribution in [0.15, 0.2) is 42.5 Å². The van der Waals surface area contributed by atoms with Crippen molar-refractivity contribution in [3.05, 3.63) is 51.7 Å². The first-order chi connectivity index (χ1) is 12.5. The highest BCUT2D eigenvalue weighted by Crippen LogP contribution is 2.24. The maximum Gasteiger partial charge on any atom is 0.415 e. The minimum absolute atomic E-state index is 0.0377. The van der Waals surface area contributed by atoms with E-state index >= 15 is 0 Å². The van der Waals surface area contributed by atoms with Crippen molar-refractivity contribution >= 4 is 34.9 Å². The molecule has 0 saturated carbocycles. The van der Waals surface area contributed by atoms with Crippen molar-refractivity contribution in [3.8, 4) is 5.75 Å². The van der Waals surface area contributed by atoms with Crippen LogP contribution < -0.4 is 10.1 Å². The molecule has 0 aliphatic carbocycles. The lowest BCUT2D eigenvalue weighted by molar-refractivity contribution is 0.0899. The van der Waals surface area contributed by atoms with Gasteiger partial charge in [0, 0.05) is 19.1 Å². The van der Waals surface area contributed by atoms with Gasteiger partial charge >= 0.3 is 6.09 Å². The minimum Gasteiger partial charge on any atom is -0.410 e. The number of para-hydroxylation sites is 1. The van der Waals surface area contributed by atoms with Crippen LogP contribution in [-0.4, -0.2) is 36.0 Å². The van der Waals surface area contributed by atoms with Crippen molar-refractivity contribution in [1.29, 1.82) is 0 Å². The number of thiophene rings is 1. The highest BCUT2D eigenvalue weighted by Gasteiger charge is 2.28. The van der Waals surface area contributed by atoms with E-state index in [2.05, 4.69) is 5.32 Å². The summed E-state index contributed by atoms with van der Waals surface area (Å²) >= 11 is 7.16. The molecular weight excluding hydrogens is 372 g/mol. The number of likely N-dealkylation sites (tertiary alicyclic amines) is 1. The van der Waals surface area contributed by atoms with Crippen LogP contribution in [0.2, 0.25) is 4.34 Å². The third kappa shape index (κ3) is 4.77. The fourth-order valence-corrected chi connectivity index (χ4v) is 4.01. The molecule has 0 unspecified atom stereocenters. The molecule has 2 amide bonds. The monoisotopic (exact) mass is 392 g/mol. The van der Waals surface area contributed by atoms with E-state index < -0.39 is 0 Å². The number of ether oxygens (including phenoxy) is 1. The third-order valence-corrected chi connectivity index (χ3v) is 5.84. The normalized spacial score (nSPS) is 16.2. The molecule has 1 N–H and O–H groups in total. The zero-order valence-corrected chi connectivity index (χ0v) is 16.1. The summed E-state index contributed by atoms with van der Waals surface area (Å²) < 4.78 is 5.99. The fraction of sp³-hybridized carbons (Fsp3) is 0.368. The molecule has 3 rings (SSSR count). The molecule has 0 spiro atoms. The Hall–Kier alpha value is -2.05. The maximum atomic E-state index is 12.2. The first-order valence-corrected chi connectivity index (χ1v) is 9.80. The number of piperidine rings is 1. The van der Waals surface area contributed by atoms with E-state index in [9.17, 15) is 9.59 Å². The number of benzene rings is 1. The number of halogens is 1. The Kier molecular flexibility index (Phi) is 6.16. The van der Waals surface area contributed by atoms with Gasteiger partial charge in [0.1, 0.15) is 5.75 Å². The second-order valence-corrected chi connectivity index (χ2v) is 8.09. The predicted molar refractivity (Wildman–Crippen MR) is 103 cm³/mol. The molecule has 138 valence electrons. The van der Waals surface area contributed by atoms with Gasteiger partial charge in [-0.25, -0.2) is 4.79 Å². The summed E-state index contributed by atoms with van der Waals surface area (Å²) in [5.41, 5.74) is 0. The molecule has 1 atom stereocenters. The zero-order chi connectivity index (χ0) is 18.5. The van der Waals surface area contributed by atoms with Crippen molar-refractivity contribution < 1.29 is 14.3 Å². The van der Waals surface area contributed by atoms with Crippen LogP contribution in [0.1, 0.15) is 29.4 Å². The number of carbonyl (C=O) groups excluding carboxylic acids is 2. The molecule has 7 heteroatoms. The summed E-state index contributed by atoms with van der Waals surface area (Å²) in [6.45, 7) is 3.26. The summed E-state index contributed by atoms with van der Waals surface area (Å²) in [4.78, 5) is 26.8. The molecule has 26 heavy (non-hydrogen) atoms. The lowest BCUT2D eigenvalue weighted by atomic mass is 9.90. The first kappa shape index (κ1) is 18.7. The van der Waals surface area contributed by atoms with E-state index in [0.29, 0.717) is 34.0 Å². The lowest BCUT2D eigenvalue weighted by Gasteiger charge is -2.34. The number of amides is 2. The van der Waals surface area contributed by atoms with Crippen LogP contribution in [-0.2, 0) is 0 Å². The summed E-state index contributed by atoms with van der Waals surface area (Å²) in [5.74, 6) is 0.783. The Balaban J connectivity index is 1.47. The number of hydrogen-bond donors (Lipinski definition) is 1. The molecule has 1 aromatic carbocycles. The Bertz CT molecular complexity index is 757. The number of nitrogens with zero attached hydrogens (tertiary/aromatic N) is 1. The standard InChI is InChI=1S/C19H21ClN2O3S/c1-13(21-18(23)16-7-8-17(20)26-16)14-9-11-22(12-10-14)19(24)25-15-5-3-2-4-6-15/h2-8,13-14H,9-12H2,1H3,(H,21,23)/t13-/m0/s1. The van der Waals surface area contributed by atoms with Gasteiger partial charge in [-0.05, 0) is 49.9 Å². The molecule has 0 radical (unpaired) electrons. The SMILES string of the molecule is C[C@H](NC(=O)c1ccc(Cl)s1)C1CCN(C(=O)Oc2ccccc2)CC1. The quantitative estimate of drug-likeness (QED) is 0.837. The minimum atomic E-state index is -0.320. The maximum absolute atomic E-state index is 12.2. The van der Waals surface area contributed by atoms with Crippen LogP contribution in [0, 0.1) is 5.92 Å². The molecule has 0 bridgehead atoms. The molecular formula is C19H21ClN2O3S. The largest absolute Gasteiger partial charge is 0.415 e. The number of rotatable bonds is 4. The average Bonchev–Trinajstić information content (AvgIpc) is 3.09. The van der Waals surface area contributed by atoms with E-state index in [1.54, 1.807) is 29.2 Å². The van der Waals surface area contributed by atoms with Crippen molar-refractivity contribution in [2.24, 2.45) is 5.92 Å². The van der Waals surface area contributed by atoms with Crippen molar-refractivity contribution in [2.45, 2.75) is 25.8 Å².